The molecule has 2 saturated heterocycles. The maximum absolute atomic E-state index is 11.8. The highest BCUT2D eigenvalue weighted by Gasteiger charge is 2.40. The third-order valence-corrected chi connectivity index (χ3v) is 3.99. The molecule has 6 nitrogen and oxygen atoms in total. The van der Waals surface area contributed by atoms with Gasteiger partial charge >= 0.3 is 0 Å². The molecule has 0 N–H and O–H groups in total. The van der Waals surface area contributed by atoms with E-state index in [0.717, 1.165) is 6.42 Å². The Hall–Kier alpha value is -0.530. The van der Waals surface area contributed by atoms with Crippen molar-refractivity contribution in [1.29, 1.82) is 0 Å². The van der Waals surface area contributed by atoms with E-state index in [2.05, 4.69) is 0 Å². The van der Waals surface area contributed by atoms with Gasteiger partial charge in [-0.1, -0.05) is 0 Å². The summed E-state index contributed by atoms with van der Waals surface area (Å²) in [6.45, 7) is 4.35. The number of methoxy groups -OCH3 is 2. The van der Waals surface area contributed by atoms with E-state index in [9.17, 15) is 4.79 Å². The van der Waals surface area contributed by atoms with Gasteiger partial charge in [0.05, 0.1) is 12.2 Å². The zero-order valence-corrected chi connectivity index (χ0v) is 12.5. The zero-order chi connectivity index (χ0) is 14.7. The van der Waals surface area contributed by atoms with Crippen LogP contribution in [0.1, 0.15) is 26.7 Å². The molecule has 0 radical (unpaired) electrons. The van der Waals surface area contributed by atoms with E-state index in [0.29, 0.717) is 13.0 Å². The summed E-state index contributed by atoms with van der Waals surface area (Å²) in [5, 5.41) is 0. The third kappa shape index (κ3) is 3.38. The minimum atomic E-state index is -0.514. The summed E-state index contributed by atoms with van der Waals surface area (Å²) < 4.78 is 27.9. The second kappa shape index (κ2) is 6.95. The Balaban J connectivity index is 1.99. The largest absolute Gasteiger partial charge is 0.379 e. The van der Waals surface area contributed by atoms with Crippen molar-refractivity contribution in [2.24, 2.45) is 0 Å². The highest BCUT2D eigenvalue weighted by molar-refractivity contribution is 5.87. The first-order valence-corrected chi connectivity index (χ1v) is 7.08. The molecular formula is C14H24O6. The Morgan fingerprint density at radius 1 is 1.20 bits per heavy atom. The number of Topliss-reactive ketones (excluding diaryl/α,β-unsaturated/α-hetero) is 1. The molecule has 2 aliphatic heterocycles. The zero-order valence-electron chi connectivity index (χ0n) is 12.5. The fourth-order valence-corrected chi connectivity index (χ4v) is 2.76. The SMILES string of the molecule is CO[C@H]1C[C@H](O[C@H]2[C@H](C)OCC[C@@H]2OC)O[C@@H](C)C1=O. The number of hydrogen-bond donors (Lipinski definition) is 0. The predicted molar refractivity (Wildman–Crippen MR) is 70.5 cm³/mol. The molecule has 2 heterocycles. The molecule has 0 aromatic carbocycles. The monoisotopic (exact) mass is 288 g/mol. The van der Waals surface area contributed by atoms with Crippen LogP contribution in [0, 0.1) is 0 Å². The molecule has 0 amide bonds. The molecule has 6 atom stereocenters. The molecule has 20 heavy (non-hydrogen) atoms. The second-order valence-corrected chi connectivity index (χ2v) is 5.31. The van der Waals surface area contributed by atoms with E-state index < -0.39 is 18.5 Å². The van der Waals surface area contributed by atoms with E-state index in [1.807, 2.05) is 6.92 Å². The van der Waals surface area contributed by atoms with Gasteiger partial charge in [-0.25, -0.2) is 0 Å². The highest BCUT2D eigenvalue weighted by atomic mass is 16.7. The van der Waals surface area contributed by atoms with Crippen LogP contribution in [0.25, 0.3) is 0 Å². The summed E-state index contributed by atoms with van der Waals surface area (Å²) in [5.74, 6) is -0.0383. The van der Waals surface area contributed by atoms with E-state index in [4.69, 9.17) is 23.7 Å². The van der Waals surface area contributed by atoms with Crippen molar-refractivity contribution in [1.82, 2.24) is 0 Å². The van der Waals surface area contributed by atoms with Crippen LogP contribution in [-0.2, 0) is 28.5 Å². The lowest BCUT2D eigenvalue weighted by molar-refractivity contribution is -0.264. The van der Waals surface area contributed by atoms with Crippen molar-refractivity contribution in [3.05, 3.63) is 0 Å². The predicted octanol–water partition coefficient (Wildman–Crippen LogP) is 0.914. The number of carbonyl (C=O) groups is 1. The van der Waals surface area contributed by atoms with Gasteiger partial charge in [-0.15, -0.1) is 0 Å². The van der Waals surface area contributed by atoms with Crippen molar-refractivity contribution in [3.8, 4) is 0 Å². The maximum Gasteiger partial charge on any atom is 0.190 e. The number of rotatable bonds is 4. The molecule has 116 valence electrons. The molecule has 2 fully saturated rings. The van der Waals surface area contributed by atoms with Crippen LogP contribution in [0.3, 0.4) is 0 Å². The van der Waals surface area contributed by atoms with Crippen LogP contribution >= 0.6 is 0 Å². The fraction of sp³-hybridized carbons (Fsp3) is 0.929. The molecule has 0 aliphatic carbocycles. The molecule has 0 unspecified atom stereocenters. The van der Waals surface area contributed by atoms with Gasteiger partial charge in [-0.3, -0.25) is 4.79 Å². The minimum Gasteiger partial charge on any atom is -0.379 e. The minimum absolute atomic E-state index is 0.0173. The standard InChI is InChI=1S/C14H24O6/c1-8-13(15)11(17-4)7-12(19-8)20-14-9(2)18-6-5-10(14)16-3/h8-12,14H,5-7H2,1-4H3/t8-,9-,10-,11-,12-,14-/m0/s1. The lowest BCUT2D eigenvalue weighted by atomic mass is 10.0. The summed E-state index contributed by atoms with van der Waals surface area (Å²) in [5.41, 5.74) is 0. The highest BCUT2D eigenvalue weighted by Crippen LogP contribution is 2.26. The lowest BCUT2D eigenvalue weighted by Crippen LogP contribution is -2.51. The first-order valence-electron chi connectivity index (χ1n) is 7.08. The van der Waals surface area contributed by atoms with Gasteiger partial charge in [0.25, 0.3) is 0 Å². The average Bonchev–Trinajstić information content (AvgIpc) is 2.44. The molecular weight excluding hydrogens is 264 g/mol. The van der Waals surface area contributed by atoms with Gasteiger partial charge in [0, 0.05) is 27.2 Å². The van der Waals surface area contributed by atoms with Crippen LogP contribution < -0.4 is 0 Å². The second-order valence-electron chi connectivity index (χ2n) is 5.31. The third-order valence-electron chi connectivity index (χ3n) is 3.99. The maximum atomic E-state index is 11.8. The van der Waals surface area contributed by atoms with Crippen molar-refractivity contribution in [2.45, 2.75) is 63.5 Å². The normalized spacial score (nSPS) is 42.7. The summed E-state index contributed by atoms with van der Waals surface area (Å²) in [6.07, 6.45) is -0.539. The fourth-order valence-electron chi connectivity index (χ4n) is 2.76. The first kappa shape index (κ1) is 15.9. The summed E-state index contributed by atoms with van der Waals surface area (Å²) in [6, 6.07) is 0. The Labute approximate surface area is 119 Å². The number of ether oxygens (including phenoxy) is 5. The van der Waals surface area contributed by atoms with Gasteiger partial charge in [-0.05, 0) is 20.3 Å². The Bertz CT molecular complexity index is 334. The number of hydrogen-bond acceptors (Lipinski definition) is 6. The van der Waals surface area contributed by atoms with Crippen LogP contribution in [-0.4, -0.2) is 63.4 Å². The van der Waals surface area contributed by atoms with E-state index >= 15 is 0 Å². The summed E-state index contributed by atoms with van der Waals surface area (Å²) >= 11 is 0. The number of carbonyl (C=O) groups excluding carboxylic acids is 1. The van der Waals surface area contributed by atoms with Gasteiger partial charge in [-0.2, -0.15) is 0 Å². The van der Waals surface area contributed by atoms with Crippen LogP contribution in [0.15, 0.2) is 0 Å². The molecule has 2 aliphatic rings. The van der Waals surface area contributed by atoms with Gasteiger partial charge in [0.2, 0.25) is 0 Å². The Morgan fingerprint density at radius 2 is 1.95 bits per heavy atom. The Kier molecular flexibility index (Phi) is 5.51. The average molecular weight is 288 g/mol. The smallest absolute Gasteiger partial charge is 0.190 e. The van der Waals surface area contributed by atoms with E-state index in [-0.39, 0.29) is 24.1 Å². The summed E-state index contributed by atoms with van der Waals surface area (Å²) in [7, 11) is 3.20. The molecule has 2 rings (SSSR count). The van der Waals surface area contributed by atoms with Gasteiger partial charge in [0.1, 0.15) is 18.3 Å². The van der Waals surface area contributed by atoms with Crippen molar-refractivity contribution < 1.29 is 28.5 Å². The molecule has 0 saturated carbocycles. The van der Waals surface area contributed by atoms with Crippen LogP contribution in [0.4, 0.5) is 0 Å². The first-order chi connectivity index (χ1) is 9.56. The van der Waals surface area contributed by atoms with Crippen LogP contribution in [0.5, 0.6) is 0 Å². The Morgan fingerprint density at radius 3 is 2.60 bits per heavy atom. The van der Waals surface area contributed by atoms with Gasteiger partial charge in [0.15, 0.2) is 12.1 Å². The molecule has 0 spiro atoms. The van der Waals surface area contributed by atoms with Crippen molar-refractivity contribution >= 4 is 5.78 Å². The summed E-state index contributed by atoms with van der Waals surface area (Å²) in [4.78, 5) is 11.8. The van der Waals surface area contributed by atoms with Crippen molar-refractivity contribution in [3.63, 3.8) is 0 Å². The molecule has 0 aromatic rings. The molecule has 0 aromatic heterocycles. The van der Waals surface area contributed by atoms with E-state index in [1.165, 1.54) is 7.11 Å². The topological polar surface area (TPSA) is 63.2 Å². The molecule has 6 heteroatoms. The van der Waals surface area contributed by atoms with Crippen LogP contribution in [0.2, 0.25) is 0 Å². The lowest BCUT2D eigenvalue weighted by Gasteiger charge is -2.40. The quantitative estimate of drug-likeness (QED) is 0.766. The van der Waals surface area contributed by atoms with Gasteiger partial charge < -0.3 is 23.7 Å². The molecule has 0 bridgehead atoms. The number of ketones is 1. The van der Waals surface area contributed by atoms with E-state index in [1.54, 1.807) is 14.0 Å². The van der Waals surface area contributed by atoms with Crippen molar-refractivity contribution in [2.75, 3.05) is 20.8 Å².